The summed E-state index contributed by atoms with van der Waals surface area (Å²) in [5, 5.41) is 2.28. The second-order valence-corrected chi connectivity index (χ2v) is 8.52. The lowest BCUT2D eigenvalue weighted by atomic mass is 9.94. The maximum Gasteiger partial charge on any atom is 0.416 e. The van der Waals surface area contributed by atoms with Gasteiger partial charge in [0.15, 0.2) is 0 Å². The number of likely N-dealkylation sites (tertiary alicyclic amines) is 1. The Morgan fingerprint density at radius 2 is 1.58 bits per heavy atom. The first kappa shape index (κ1) is 22.8. The summed E-state index contributed by atoms with van der Waals surface area (Å²) in [6.07, 6.45) is -3.36. The smallest absolute Gasteiger partial charge is 0.341 e. The fraction of sp³-hybridized carbons (Fsp3) is 0.308. The Hall–Kier alpha value is -3.35. The van der Waals surface area contributed by atoms with Gasteiger partial charge in [0.05, 0.1) is 5.56 Å². The molecule has 0 bridgehead atoms. The van der Waals surface area contributed by atoms with Crippen molar-refractivity contribution in [1.29, 1.82) is 0 Å². The number of amides is 2. The third-order valence-electron chi connectivity index (χ3n) is 6.20. The summed E-state index contributed by atoms with van der Waals surface area (Å²) in [6.45, 7) is 1.31. The van der Waals surface area contributed by atoms with Crippen molar-refractivity contribution in [2.45, 2.75) is 25.6 Å². The van der Waals surface area contributed by atoms with E-state index in [-0.39, 0.29) is 23.3 Å². The highest BCUT2D eigenvalue weighted by atomic mass is 19.4. The molecule has 0 saturated carbocycles. The van der Waals surface area contributed by atoms with Gasteiger partial charge in [0.2, 0.25) is 5.91 Å². The highest BCUT2D eigenvalue weighted by molar-refractivity contribution is 5.94. The molecule has 3 aromatic rings. The number of carbonyl (C=O) groups excluding carboxylic acids is 2. The SMILES string of the molecule is CN(Cc1ccc2ccccc2c1)C(=O)C1CCN(C(=O)c2ccc(C(F)(F)F)cc2)CC1. The van der Waals surface area contributed by atoms with E-state index in [4.69, 9.17) is 0 Å². The molecule has 172 valence electrons. The van der Waals surface area contributed by atoms with Crippen molar-refractivity contribution in [3.8, 4) is 0 Å². The van der Waals surface area contributed by atoms with Gasteiger partial charge in [0.25, 0.3) is 5.91 Å². The molecule has 0 unspecified atom stereocenters. The third-order valence-corrected chi connectivity index (χ3v) is 6.20. The molecule has 1 saturated heterocycles. The van der Waals surface area contributed by atoms with E-state index in [1.807, 2.05) is 36.4 Å². The van der Waals surface area contributed by atoms with Crippen LogP contribution >= 0.6 is 0 Å². The molecular formula is C26H25F3N2O2. The van der Waals surface area contributed by atoms with E-state index in [2.05, 4.69) is 6.07 Å². The first-order valence-electron chi connectivity index (χ1n) is 10.9. The van der Waals surface area contributed by atoms with Crippen LogP contribution in [0.4, 0.5) is 13.2 Å². The molecule has 2 amide bonds. The van der Waals surface area contributed by atoms with Crippen molar-refractivity contribution in [2.75, 3.05) is 20.1 Å². The minimum atomic E-state index is -4.43. The van der Waals surface area contributed by atoms with E-state index in [0.29, 0.717) is 32.5 Å². The standard InChI is InChI=1S/C26H25F3N2O2/c1-30(17-18-6-7-19-4-2-3-5-22(19)16-18)24(32)21-12-14-31(15-13-21)25(33)20-8-10-23(11-9-20)26(27,28)29/h2-11,16,21H,12-15,17H2,1H3. The van der Waals surface area contributed by atoms with Gasteiger partial charge >= 0.3 is 6.18 Å². The summed E-state index contributed by atoms with van der Waals surface area (Å²) in [5.41, 5.74) is 0.499. The number of hydrogen-bond donors (Lipinski definition) is 0. The lowest BCUT2D eigenvalue weighted by Gasteiger charge is -2.33. The van der Waals surface area contributed by atoms with Crippen molar-refractivity contribution < 1.29 is 22.8 Å². The second kappa shape index (κ2) is 9.25. The van der Waals surface area contributed by atoms with Crippen LogP contribution in [0.25, 0.3) is 10.8 Å². The summed E-state index contributed by atoms with van der Waals surface area (Å²) in [5.74, 6) is -0.434. The summed E-state index contributed by atoms with van der Waals surface area (Å²) < 4.78 is 38.2. The summed E-state index contributed by atoms with van der Waals surface area (Å²) in [4.78, 5) is 29.0. The van der Waals surface area contributed by atoms with E-state index in [1.165, 1.54) is 12.1 Å². The largest absolute Gasteiger partial charge is 0.416 e. The number of halogens is 3. The minimum absolute atomic E-state index is 0.0461. The number of benzene rings is 3. The molecule has 1 fully saturated rings. The Morgan fingerprint density at radius 3 is 2.21 bits per heavy atom. The quantitative estimate of drug-likeness (QED) is 0.532. The number of rotatable bonds is 4. The average molecular weight is 454 g/mol. The molecule has 1 aliphatic rings. The van der Waals surface area contributed by atoms with Gasteiger partial charge in [-0.3, -0.25) is 9.59 Å². The van der Waals surface area contributed by atoms with Crippen LogP contribution < -0.4 is 0 Å². The highest BCUT2D eigenvalue weighted by Crippen LogP contribution is 2.29. The van der Waals surface area contributed by atoms with Crippen LogP contribution in [0.5, 0.6) is 0 Å². The average Bonchev–Trinajstić information content (AvgIpc) is 2.82. The Balaban J connectivity index is 1.32. The fourth-order valence-corrected chi connectivity index (χ4v) is 4.31. The normalized spacial score (nSPS) is 15.0. The van der Waals surface area contributed by atoms with E-state index in [9.17, 15) is 22.8 Å². The van der Waals surface area contributed by atoms with Crippen LogP contribution in [0.2, 0.25) is 0 Å². The molecule has 33 heavy (non-hydrogen) atoms. The molecule has 0 atom stereocenters. The summed E-state index contributed by atoms with van der Waals surface area (Å²) >= 11 is 0. The first-order chi connectivity index (χ1) is 15.7. The predicted molar refractivity (Wildman–Crippen MR) is 120 cm³/mol. The minimum Gasteiger partial charge on any atom is -0.341 e. The number of nitrogens with zero attached hydrogens (tertiary/aromatic N) is 2. The van der Waals surface area contributed by atoms with Gasteiger partial charge in [0.1, 0.15) is 0 Å². The number of fused-ring (bicyclic) bond motifs is 1. The van der Waals surface area contributed by atoms with Gasteiger partial charge < -0.3 is 9.80 Å². The predicted octanol–water partition coefficient (Wildman–Crippen LogP) is 5.37. The molecule has 0 N–H and O–H groups in total. The Kier molecular flexibility index (Phi) is 6.40. The number of piperidine rings is 1. The Morgan fingerprint density at radius 1 is 0.939 bits per heavy atom. The zero-order chi connectivity index (χ0) is 23.6. The van der Waals surface area contributed by atoms with E-state index in [0.717, 1.165) is 28.5 Å². The topological polar surface area (TPSA) is 40.6 Å². The molecule has 0 aliphatic carbocycles. The number of carbonyl (C=O) groups is 2. The van der Waals surface area contributed by atoms with Crippen LogP contribution in [0.15, 0.2) is 66.7 Å². The van der Waals surface area contributed by atoms with Gasteiger partial charge in [0, 0.05) is 38.2 Å². The van der Waals surface area contributed by atoms with E-state index in [1.54, 1.807) is 16.8 Å². The zero-order valence-electron chi connectivity index (χ0n) is 18.3. The Labute approximate surface area is 190 Å². The molecule has 1 heterocycles. The van der Waals surface area contributed by atoms with Crippen molar-refractivity contribution >= 4 is 22.6 Å². The summed E-state index contributed by atoms with van der Waals surface area (Å²) in [6, 6.07) is 18.5. The lowest BCUT2D eigenvalue weighted by Crippen LogP contribution is -2.43. The molecule has 3 aromatic carbocycles. The van der Waals surface area contributed by atoms with Crippen molar-refractivity contribution in [1.82, 2.24) is 9.80 Å². The van der Waals surface area contributed by atoms with Gasteiger partial charge in [-0.15, -0.1) is 0 Å². The molecule has 4 nitrogen and oxygen atoms in total. The number of alkyl halides is 3. The van der Waals surface area contributed by atoms with Crippen LogP contribution in [0, 0.1) is 5.92 Å². The molecule has 0 radical (unpaired) electrons. The van der Waals surface area contributed by atoms with Crippen molar-refractivity contribution in [2.24, 2.45) is 5.92 Å². The third kappa shape index (κ3) is 5.18. The van der Waals surface area contributed by atoms with Crippen molar-refractivity contribution in [3.63, 3.8) is 0 Å². The molecule has 0 aromatic heterocycles. The second-order valence-electron chi connectivity index (χ2n) is 8.52. The highest BCUT2D eigenvalue weighted by Gasteiger charge is 2.32. The maximum absolute atomic E-state index is 13.0. The monoisotopic (exact) mass is 454 g/mol. The first-order valence-corrected chi connectivity index (χ1v) is 10.9. The zero-order valence-corrected chi connectivity index (χ0v) is 18.3. The molecule has 0 spiro atoms. The van der Waals surface area contributed by atoms with Crippen LogP contribution in [0.3, 0.4) is 0 Å². The van der Waals surface area contributed by atoms with Gasteiger partial charge in [-0.1, -0.05) is 36.4 Å². The van der Waals surface area contributed by atoms with Crippen LogP contribution in [-0.4, -0.2) is 41.8 Å². The fourth-order valence-electron chi connectivity index (χ4n) is 4.31. The summed E-state index contributed by atoms with van der Waals surface area (Å²) in [7, 11) is 1.79. The number of hydrogen-bond acceptors (Lipinski definition) is 2. The van der Waals surface area contributed by atoms with E-state index < -0.39 is 11.7 Å². The van der Waals surface area contributed by atoms with E-state index >= 15 is 0 Å². The maximum atomic E-state index is 13.0. The van der Waals surface area contributed by atoms with Crippen molar-refractivity contribution in [3.05, 3.63) is 83.4 Å². The lowest BCUT2D eigenvalue weighted by molar-refractivity contribution is -0.137. The van der Waals surface area contributed by atoms with Crippen LogP contribution in [0.1, 0.15) is 34.3 Å². The van der Waals surface area contributed by atoms with Gasteiger partial charge in [-0.2, -0.15) is 13.2 Å². The molecular weight excluding hydrogens is 429 g/mol. The van der Waals surface area contributed by atoms with Gasteiger partial charge in [-0.05, 0) is 59.5 Å². The molecule has 1 aliphatic heterocycles. The van der Waals surface area contributed by atoms with Gasteiger partial charge in [-0.25, -0.2) is 0 Å². The molecule has 7 heteroatoms. The molecule has 4 rings (SSSR count). The Bertz CT molecular complexity index is 1150. The van der Waals surface area contributed by atoms with Crippen LogP contribution in [-0.2, 0) is 17.5 Å².